The van der Waals surface area contributed by atoms with Crippen molar-refractivity contribution in [2.24, 2.45) is 17.8 Å². The van der Waals surface area contributed by atoms with Crippen molar-refractivity contribution in [3.8, 4) is 0 Å². The summed E-state index contributed by atoms with van der Waals surface area (Å²) in [5.41, 5.74) is 0. The topological polar surface area (TPSA) is 75.7 Å². The zero-order valence-electron chi connectivity index (χ0n) is 15.5. The Hall–Kier alpha value is -0.910. The minimum Gasteiger partial charge on any atom is -0.262 e. The first kappa shape index (κ1) is 18.9. The summed E-state index contributed by atoms with van der Waals surface area (Å²) in [6.45, 7) is 2.25. The Balaban J connectivity index is 1.77. The molecule has 0 saturated heterocycles. The Morgan fingerprint density at radius 1 is 1.00 bits per heavy atom. The molecule has 142 valence electrons. The average Bonchev–Trinajstić information content (AvgIpc) is 3.20. The summed E-state index contributed by atoms with van der Waals surface area (Å²) in [7, 11) is -3.38. The molecule has 25 heavy (non-hydrogen) atoms. The molecule has 1 aromatic heterocycles. The molecule has 5 nitrogen and oxygen atoms in total. The molecule has 1 aromatic rings. The quantitative estimate of drug-likeness (QED) is 0.802. The molecule has 0 aromatic carbocycles. The molecular formula is C19H33N3O2S. The highest BCUT2D eigenvalue weighted by Crippen LogP contribution is 2.43. The lowest BCUT2D eigenvalue weighted by Crippen LogP contribution is -2.23. The number of aromatic amines is 1. The molecule has 2 bridgehead atoms. The van der Waals surface area contributed by atoms with E-state index in [1.165, 1.54) is 57.8 Å². The lowest BCUT2D eigenvalue weighted by molar-refractivity contribution is 0.290. The van der Waals surface area contributed by atoms with Crippen LogP contribution in [0.3, 0.4) is 0 Å². The number of aromatic nitrogens is 3. The highest BCUT2D eigenvalue weighted by Gasteiger charge is 2.38. The Labute approximate surface area is 152 Å². The van der Waals surface area contributed by atoms with Crippen LogP contribution in [0.15, 0.2) is 5.16 Å². The van der Waals surface area contributed by atoms with Gasteiger partial charge in [-0.1, -0.05) is 51.9 Å². The summed E-state index contributed by atoms with van der Waals surface area (Å²) < 4.78 is 25.6. The molecule has 3 atom stereocenters. The van der Waals surface area contributed by atoms with E-state index in [9.17, 15) is 8.42 Å². The summed E-state index contributed by atoms with van der Waals surface area (Å²) in [6, 6.07) is 0. The SMILES string of the molecule is CCC1CCC2CS(=O)(=O)c3n[nH]c(n3)CCCCCCCCCC12. The average molecular weight is 368 g/mol. The van der Waals surface area contributed by atoms with Gasteiger partial charge in [0.15, 0.2) is 0 Å². The standard InChI is InChI=1S/C19H33N3O2S/c1-2-15-12-13-16-14-25(23,24)19-20-18(21-22-19)11-9-7-5-3-4-6-8-10-17(15)16/h15-17H,2-14H2,1H3,(H,20,21,22). The van der Waals surface area contributed by atoms with Crippen molar-refractivity contribution in [3.05, 3.63) is 5.82 Å². The molecule has 1 N–H and O–H groups in total. The van der Waals surface area contributed by atoms with Gasteiger partial charge in [0.1, 0.15) is 5.82 Å². The predicted molar refractivity (Wildman–Crippen MR) is 99.1 cm³/mol. The van der Waals surface area contributed by atoms with Crippen molar-refractivity contribution >= 4 is 9.84 Å². The normalized spacial score (nSPS) is 31.5. The highest BCUT2D eigenvalue weighted by atomic mass is 32.2. The second-order valence-corrected chi connectivity index (χ2v) is 9.96. The first-order valence-electron chi connectivity index (χ1n) is 10.2. The van der Waals surface area contributed by atoms with Gasteiger partial charge >= 0.3 is 0 Å². The van der Waals surface area contributed by atoms with E-state index in [0.717, 1.165) is 25.1 Å². The van der Waals surface area contributed by atoms with E-state index < -0.39 is 9.84 Å². The molecule has 0 radical (unpaired) electrons. The van der Waals surface area contributed by atoms with E-state index in [4.69, 9.17) is 0 Å². The molecule has 1 aliphatic carbocycles. The van der Waals surface area contributed by atoms with Crippen LogP contribution >= 0.6 is 0 Å². The Bertz CT molecular complexity index is 641. The van der Waals surface area contributed by atoms with Crippen LogP contribution in [0.25, 0.3) is 0 Å². The molecule has 1 aliphatic heterocycles. The van der Waals surface area contributed by atoms with Gasteiger partial charge in [0.2, 0.25) is 9.84 Å². The second-order valence-electron chi connectivity index (χ2n) is 8.03. The monoisotopic (exact) mass is 367 g/mol. The minimum absolute atomic E-state index is 0.0216. The van der Waals surface area contributed by atoms with Gasteiger partial charge in [0.25, 0.3) is 5.16 Å². The second kappa shape index (κ2) is 8.65. The van der Waals surface area contributed by atoms with Crippen molar-refractivity contribution in [1.82, 2.24) is 15.2 Å². The summed E-state index contributed by atoms with van der Waals surface area (Å²) in [6.07, 6.45) is 14.1. The molecule has 3 unspecified atom stereocenters. The van der Waals surface area contributed by atoms with Crippen LogP contribution in [-0.2, 0) is 16.3 Å². The maximum Gasteiger partial charge on any atom is 0.266 e. The third kappa shape index (κ3) is 4.83. The number of rotatable bonds is 1. The number of hydrogen-bond acceptors (Lipinski definition) is 4. The fourth-order valence-corrected chi connectivity index (χ4v) is 6.43. The highest BCUT2D eigenvalue weighted by molar-refractivity contribution is 7.91. The van der Waals surface area contributed by atoms with Gasteiger partial charge in [-0.3, -0.25) is 5.10 Å². The van der Waals surface area contributed by atoms with Gasteiger partial charge in [0, 0.05) is 6.42 Å². The van der Waals surface area contributed by atoms with Crippen molar-refractivity contribution in [1.29, 1.82) is 0 Å². The van der Waals surface area contributed by atoms with E-state index >= 15 is 0 Å². The first-order valence-corrected chi connectivity index (χ1v) is 11.9. The molecule has 1 fully saturated rings. The number of hydrogen-bond donors (Lipinski definition) is 1. The van der Waals surface area contributed by atoms with Crippen molar-refractivity contribution in [2.75, 3.05) is 5.75 Å². The molecule has 2 aliphatic rings. The van der Waals surface area contributed by atoms with Gasteiger partial charge in [-0.05, 0) is 43.4 Å². The molecule has 3 rings (SSSR count). The summed E-state index contributed by atoms with van der Waals surface area (Å²) in [5, 5.41) is 6.89. The predicted octanol–water partition coefficient (Wildman–Crippen LogP) is 4.31. The first-order chi connectivity index (χ1) is 12.1. The number of nitrogens with one attached hydrogen (secondary N) is 1. The summed E-state index contributed by atoms with van der Waals surface area (Å²) in [5.74, 6) is 2.49. The van der Waals surface area contributed by atoms with Crippen LogP contribution in [0, 0.1) is 17.8 Å². The van der Waals surface area contributed by atoms with Crippen LogP contribution < -0.4 is 0 Å². The van der Waals surface area contributed by atoms with Crippen LogP contribution in [0.4, 0.5) is 0 Å². The van der Waals surface area contributed by atoms with Crippen LogP contribution in [-0.4, -0.2) is 29.4 Å². The lowest BCUT2D eigenvalue weighted by Gasteiger charge is -2.24. The van der Waals surface area contributed by atoms with E-state index in [2.05, 4.69) is 22.1 Å². The third-order valence-corrected chi connectivity index (χ3v) is 7.92. The van der Waals surface area contributed by atoms with E-state index in [1.54, 1.807) is 0 Å². The molecule has 1 saturated carbocycles. The smallest absolute Gasteiger partial charge is 0.262 e. The van der Waals surface area contributed by atoms with Gasteiger partial charge < -0.3 is 0 Å². The number of aryl methyl sites for hydroxylation is 1. The Morgan fingerprint density at radius 2 is 1.72 bits per heavy atom. The zero-order chi connectivity index (χ0) is 17.7. The summed E-state index contributed by atoms with van der Waals surface area (Å²) >= 11 is 0. The van der Waals surface area contributed by atoms with Crippen LogP contribution in [0.5, 0.6) is 0 Å². The van der Waals surface area contributed by atoms with Crippen molar-refractivity contribution < 1.29 is 8.42 Å². The van der Waals surface area contributed by atoms with Crippen LogP contribution in [0.2, 0.25) is 0 Å². The fraction of sp³-hybridized carbons (Fsp3) is 0.895. The Kier molecular flexibility index (Phi) is 6.53. The van der Waals surface area contributed by atoms with Gasteiger partial charge in [-0.15, -0.1) is 5.10 Å². The molecule has 0 amide bonds. The zero-order valence-corrected chi connectivity index (χ0v) is 16.4. The fourth-order valence-electron chi connectivity index (χ4n) is 4.87. The van der Waals surface area contributed by atoms with Crippen LogP contribution in [0.1, 0.15) is 83.4 Å². The molecule has 0 spiro atoms. The Morgan fingerprint density at radius 3 is 2.48 bits per heavy atom. The molecule has 6 heteroatoms. The minimum atomic E-state index is -3.38. The largest absolute Gasteiger partial charge is 0.266 e. The number of H-pyrrole nitrogens is 1. The third-order valence-electron chi connectivity index (χ3n) is 6.32. The molecule has 2 heterocycles. The van der Waals surface area contributed by atoms with Gasteiger partial charge in [0.05, 0.1) is 5.75 Å². The number of nitrogens with zero attached hydrogens (tertiary/aromatic N) is 2. The van der Waals surface area contributed by atoms with Crippen molar-refractivity contribution in [3.63, 3.8) is 0 Å². The maximum atomic E-state index is 12.8. The molecular weight excluding hydrogens is 334 g/mol. The summed E-state index contributed by atoms with van der Waals surface area (Å²) in [4.78, 5) is 4.29. The number of fused-ring (bicyclic) bond motifs is 3. The van der Waals surface area contributed by atoms with Crippen molar-refractivity contribution in [2.45, 2.75) is 89.1 Å². The number of sulfone groups is 1. The van der Waals surface area contributed by atoms with E-state index in [1.807, 2.05) is 0 Å². The van der Waals surface area contributed by atoms with E-state index in [-0.39, 0.29) is 16.8 Å². The lowest BCUT2D eigenvalue weighted by atomic mass is 9.84. The maximum absolute atomic E-state index is 12.8. The van der Waals surface area contributed by atoms with Gasteiger partial charge in [-0.2, -0.15) is 0 Å². The van der Waals surface area contributed by atoms with E-state index in [0.29, 0.717) is 11.8 Å². The van der Waals surface area contributed by atoms with Gasteiger partial charge in [-0.25, -0.2) is 13.4 Å².